The molecule has 2 aromatic carbocycles. The van der Waals surface area contributed by atoms with Gasteiger partial charge in [-0.05, 0) is 78.6 Å². The second-order valence-electron chi connectivity index (χ2n) is 6.54. The normalized spacial score (nSPS) is 12.1. The van der Waals surface area contributed by atoms with Gasteiger partial charge in [-0.25, -0.2) is 0 Å². The fourth-order valence-electron chi connectivity index (χ4n) is 3.24. The van der Waals surface area contributed by atoms with Gasteiger partial charge in [-0.15, -0.1) is 0 Å². The Morgan fingerprint density at radius 1 is 0.692 bits per heavy atom. The van der Waals surface area contributed by atoms with Crippen LogP contribution in [0.2, 0.25) is 0 Å². The molecule has 2 heteroatoms. The van der Waals surface area contributed by atoms with E-state index >= 15 is 0 Å². The lowest BCUT2D eigenvalue weighted by Crippen LogP contribution is -1.97. The third-order valence-electron chi connectivity index (χ3n) is 4.90. The molecular weight excluding hydrogens is 316 g/mol. The predicted octanol–water partition coefficient (Wildman–Crippen LogP) is 6.82. The largest absolute Gasteiger partial charge is 0.255 e. The van der Waals surface area contributed by atoms with Crippen molar-refractivity contribution in [2.24, 2.45) is 9.98 Å². The molecule has 0 atom stereocenters. The van der Waals surface area contributed by atoms with E-state index in [4.69, 9.17) is 4.99 Å². The molecule has 0 N–H and O–H groups in total. The third-order valence-corrected chi connectivity index (χ3v) is 4.90. The number of nitrogens with zero attached hydrogens (tertiary/aromatic N) is 2. The van der Waals surface area contributed by atoms with E-state index in [1.54, 1.807) is 0 Å². The maximum absolute atomic E-state index is 4.82. The first-order valence-electron chi connectivity index (χ1n) is 10.00. The van der Waals surface area contributed by atoms with Crippen molar-refractivity contribution in [2.75, 3.05) is 0 Å². The zero-order valence-corrected chi connectivity index (χ0v) is 17.0. The van der Waals surface area contributed by atoms with Gasteiger partial charge >= 0.3 is 0 Å². The molecular formula is C24H32N2. The molecule has 0 aliphatic heterocycles. The van der Waals surface area contributed by atoms with Crippen LogP contribution in [0.3, 0.4) is 0 Å². The Labute approximate surface area is 159 Å². The minimum Gasteiger partial charge on any atom is -0.255 e. The molecule has 2 rings (SSSR count). The standard InChI is InChI=1S/C24H32N2/c1-6-18-11-13-23(15-20(18)8-3)25-17-22(10-5)26-24-14-12-19(7-2)21(9-4)16-24/h11-17H,6-10H2,1-5H3. The van der Waals surface area contributed by atoms with E-state index in [9.17, 15) is 0 Å². The van der Waals surface area contributed by atoms with E-state index in [0.717, 1.165) is 49.2 Å². The van der Waals surface area contributed by atoms with Crippen molar-refractivity contribution in [3.8, 4) is 0 Å². The van der Waals surface area contributed by atoms with Crippen molar-refractivity contribution >= 4 is 23.3 Å². The average Bonchev–Trinajstić information content (AvgIpc) is 2.70. The Kier molecular flexibility index (Phi) is 7.77. The van der Waals surface area contributed by atoms with Gasteiger partial charge in [0.25, 0.3) is 0 Å². The maximum atomic E-state index is 4.82. The first kappa shape index (κ1) is 20.1. The highest BCUT2D eigenvalue weighted by molar-refractivity contribution is 6.31. The summed E-state index contributed by atoms with van der Waals surface area (Å²) in [5.74, 6) is 0. The van der Waals surface area contributed by atoms with E-state index < -0.39 is 0 Å². The molecule has 0 unspecified atom stereocenters. The van der Waals surface area contributed by atoms with E-state index in [1.807, 2.05) is 6.21 Å². The van der Waals surface area contributed by atoms with Gasteiger partial charge in [0.2, 0.25) is 0 Å². The van der Waals surface area contributed by atoms with Crippen molar-refractivity contribution in [1.82, 2.24) is 0 Å². The summed E-state index contributed by atoms with van der Waals surface area (Å²) in [6.07, 6.45) is 7.02. The molecule has 0 heterocycles. The molecule has 26 heavy (non-hydrogen) atoms. The quantitative estimate of drug-likeness (QED) is 0.468. The lowest BCUT2D eigenvalue weighted by molar-refractivity contribution is 1.04. The molecule has 138 valence electrons. The molecule has 2 nitrogen and oxygen atoms in total. The average molecular weight is 349 g/mol. The van der Waals surface area contributed by atoms with Crippen LogP contribution >= 0.6 is 0 Å². The molecule has 0 aliphatic rings. The number of aliphatic imine (C=N–C) groups is 2. The summed E-state index contributed by atoms with van der Waals surface area (Å²) < 4.78 is 0. The maximum Gasteiger partial charge on any atom is 0.0636 e. The molecule has 0 aromatic heterocycles. The van der Waals surface area contributed by atoms with Gasteiger partial charge < -0.3 is 0 Å². The van der Waals surface area contributed by atoms with Crippen molar-refractivity contribution in [3.63, 3.8) is 0 Å². The molecule has 0 saturated carbocycles. The van der Waals surface area contributed by atoms with E-state index in [1.165, 1.54) is 22.3 Å². The SMILES string of the molecule is CCC(C=Nc1ccc(CC)c(CC)c1)=Nc1ccc(CC)c(CC)c1. The Morgan fingerprint density at radius 3 is 1.69 bits per heavy atom. The van der Waals surface area contributed by atoms with E-state index in [0.29, 0.717) is 0 Å². The molecule has 0 amide bonds. The first-order chi connectivity index (χ1) is 12.6. The summed E-state index contributed by atoms with van der Waals surface area (Å²) in [4.78, 5) is 9.50. The highest BCUT2D eigenvalue weighted by Crippen LogP contribution is 2.21. The second kappa shape index (κ2) is 10.1. The third kappa shape index (κ3) is 5.14. The fourth-order valence-corrected chi connectivity index (χ4v) is 3.24. The van der Waals surface area contributed by atoms with Crippen LogP contribution in [0.4, 0.5) is 11.4 Å². The molecule has 0 radical (unpaired) electrons. The van der Waals surface area contributed by atoms with Crippen LogP contribution < -0.4 is 0 Å². The number of benzene rings is 2. The number of rotatable bonds is 8. The fraction of sp³-hybridized carbons (Fsp3) is 0.417. The van der Waals surface area contributed by atoms with Gasteiger partial charge in [0.05, 0.1) is 17.1 Å². The highest BCUT2D eigenvalue weighted by atomic mass is 14.8. The first-order valence-corrected chi connectivity index (χ1v) is 10.00. The summed E-state index contributed by atoms with van der Waals surface area (Å²) in [7, 11) is 0. The minimum absolute atomic E-state index is 0.869. The highest BCUT2D eigenvalue weighted by Gasteiger charge is 2.02. The number of hydrogen-bond acceptors (Lipinski definition) is 2. The molecule has 2 aromatic rings. The van der Waals surface area contributed by atoms with Crippen LogP contribution in [0.25, 0.3) is 0 Å². The van der Waals surface area contributed by atoms with Crippen molar-refractivity contribution < 1.29 is 0 Å². The van der Waals surface area contributed by atoms with Crippen LogP contribution in [-0.4, -0.2) is 11.9 Å². The van der Waals surface area contributed by atoms with Crippen LogP contribution in [-0.2, 0) is 25.7 Å². The van der Waals surface area contributed by atoms with Crippen molar-refractivity contribution in [1.29, 1.82) is 0 Å². The van der Waals surface area contributed by atoms with Gasteiger partial charge in [0.15, 0.2) is 0 Å². The Morgan fingerprint density at radius 2 is 1.19 bits per heavy atom. The molecule has 0 spiro atoms. The zero-order chi connectivity index (χ0) is 18.9. The monoisotopic (exact) mass is 348 g/mol. The Bertz CT molecular complexity index is 785. The van der Waals surface area contributed by atoms with Crippen LogP contribution in [0, 0.1) is 0 Å². The summed E-state index contributed by atoms with van der Waals surface area (Å²) in [6.45, 7) is 10.9. The Balaban J connectivity index is 2.26. The van der Waals surface area contributed by atoms with Crippen LogP contribution in [0.15, 0.2) is 46.4 Å². The molecule has 0 bridgehead atoms. The van der Waals surface area contributed by atoms with E-state index in [-0.39, 0.29) is 0 Å². The number of aryl methyl sites for hydroxylation is 4. The van der Waals surface area contributed by atoms with Crippen LogP contribution in [0.1, 0.15) is 63.3 Å². The van der Waals surface area contributed by atoms with Gasteiger partial charge in [0, 0.05) is 6.21 Å². The van der Waals surface area contributed by atoms with Crippen LogP contribution in [0.5, 0.6) is 0 Å². The second-order valence-corrected chi connectivity index (χ2v) is 6.54. The minimum atomic E-state index is 0.869. The Hall–Kier alpha value is -2.22. The molecule has 0 aliphatic carbocycles. The summed E-state index contributed by atoms with van der Waals surface area (Å²) in [6, 6.07) is 13.0. The summed E-state index contributed by atoms with van der Waals surface area (Å²) >= 11 is 0. The summed E-state index contributed by atoms with van der Waals surface area (Å²) in [5, 5.41) is 0. The van der Waals surface area contributed by atoms with Gasteiger partial charge in [-0.1, -0.05) is 46.8 Å². The smallest absolute Gasteiger partial charge is 0.0636 e. The summed E-state index contributed by atoms with van der Waals surface area (Å²) in [5.41, 5.74) is 8.66. The molecule has 0 fully saturated rings. The van der Waals surface area contributed by atoms with Crippen molar-refractivity contribution in [2.45, 2.75) is 66.7 Å². The number of hydrogen-bond donors (Lipinski definition) is 0. The van der Waals surface area contributed by atoms with Gasteiger partial charge in [-0.2, -0.15) is 0 Å². The molecule has 0 saturated heterocycles. The van der Waals surface area contributed by atoms with Gasteiger partial charge in [-0.3, -0.25) is 9.98 Å². The van der Waals surface area contributed by atoms with E-state index in [2.05, 4.69) is 76.0 Å². The van der Waals surface area contributed by atoms with Crippen molar-refractivity contribution in [3.05, 3.63) is 58.7 Å². The lowest BCUT2D eigenvalue weighted by atomic mass is 10.0. The topological polar surface area (TPSA) is 24.7 Å². The lowest BCUT2D eigenvalue weighted by Gasteiger charge is -2.07. The predicted molar refractivity (Wildman–Crippen MR) is 116 cm³/mol. The van der Waals surface area contributed by atoms with Gasteiger partial charge in [0.1, 0.15) is 0 Å². The zero-order valence-electron chi connectivity index (χ0n) is 17.0.